The Bertz CT molecular complexity index is 814. The van der Waals surface area contributed by atoms with Crippen LogP contribution in [-0.2, 0) is 9.59 Å². The molecule has 4 N–H and O–H groups in total. The van der Waals surface area contributed by atoms with Crippen molar-refractivity contribution in [3.63, 3.8) is 0 Å². The Balaban J connectivity index is 2.30. The first-order valence-corrected chi connectivity index (χ1v) is 7.32. The van der Waals surface area contributed by atoms with Crippen molar-refractivity contribution in [2.75, 3.05) is 4.90 Å². The topological polar surface area (TPSA) is 120 Å². The number of anilines is 1. The second kappa shape index (κ2) is 5.13. The highest BCUT2D eigenvalue weighted by Crippen LogP contribution is 2.39. The number of benzene rings is 1. The largest absolute Gasteiger partial charge is 0.449 e. The maximum Gasteiger partial charge on any atom is 0.286 e. The Hall–Kier alpha value is -2.35. The minimum Gasteiger partial charge on any atom is -0.449 e. The minimum absolute atomic E-state index is 0.158. The van der Waals surface area contributed by atoms with E-state index in [0.29, 0.717) is 17.4 Å². The number of fused-ring (bicyclic) bond motifs is 1. The maximum absolute atomic E-state index is 12.2. The van der Waals surface area contributed by atoms with E-state index in [1.54, 1.807) is 18.2 Å². The SMILES string of the molecule is NC(=O)c1oc2ccc(Br)cc2c1N1C(=O)CC[C@H]1C(N)=O. The highest BCUT2D eigenvalue weighted by molar-refractivity contribution is 9.10. The number of carbonyl (C=O) groups is 3. The van der Waals surface area contributed by atoms with Gasteiger partial charge < -0.3 is 15.9 Å². The van der Waals surface area contributed by atoms with E-state index in [-0.39, 0.29) is 23.8 Å². The summed E-state index contributed by atoms with van der Waals surface area (Å²) in [6.45, 7) is 0. The fourth-order valence-corrected chi connectivity index (χ4v) is 3.06. The summed E-state index contributed by atoms with van der Waals surface area (Å²) < 4.78 is 6.20. The Morgan fingerprint density at radius 1 is 1.32 bits per heavy atom. The lowest BCUT2D eigenvalue weighted by atomic mass is 10.1. The van der Waals surface area contributed by atoms with Crippen LogP contribution in [0.4, 0.5) is 5.69 Å². The third-order valence-electron chi connectivity index (χ3n) is 3.63. The molecule has 0 aliphatic carbocycles. The summed E-state index contributed by atoms with van der Waals surface area (Å²) in [5.74, 6) is -1.90. The van der Waals surface area contributed by atoms with Crippen LogP contribution in [0.15, 0.2) is 27.1 Å². The third-order valence-corrected chi connectivity index (χ3v) is 4.12. The van der Waals surface area contributed by atoms with Gasteiger partial charge in [0.1, 0.15) is 17.3 Å². The lowest BCUT2D eigenvalue weighted by Gasteiger charge is -2.22. The van der Waals surface area contributed by atoms with E-state index >= 15 is 0 Å². The van der Waals surface area contributed by atoms with E-state index in [1.807, 2.05) is 0 Å². The summed E-state index contributed by atoms with van der Waals surface area (Å²) in [6, 6.07) is 4.27. The Morgan fingerprint density at radius 2 is 2.05 bits per heavy atom. The van der Waals surface area contributed by atoms with Gasteiger partial charge in [-0.25, -0.2) is 0 Å². The van der Waals surface area contributed by atoms with Gasteiger partial charge in [0.15, 0.2) is 0 Å². The zero-order valence-corrected chi connectivity index (χ0v) is 12.9. The van der Waals surface area contributed by atoms with Gasteiger partial charge in [0, 0.05) is 16.3 Å². The Kier molecular flexibility index (Phi) is 3.40. The van der Waals surface area contributed by atoms with Crippen LogP contribution in [-0.4, -0.2) is 23.8 Å². The van der Waals surface area contributed by atoms with Gasteiger partial charge in [0.25, 0.3) is 5.91 Å². The van der Waals surface area contributed by atoms with Crippen molar-refractivity contribution in [2.45, 2.75) is 18.9 Å². The predicted molar refractivity (Wildman–Crippen MR) is 82.1 cm³/mol. The molecule has 3 amide bonds. The van der Waals surface area contributed by atoms with E-state index in [0.717, 1.165) is 4.47 Å². The van der Waals surface area contributed by atoms with Gasteiger partial charge in [-0.15, -0.1) is 0 Å². The average molecular weight is 366 g/mol. The number of hydrogen-bond donors (Lipinski definition) is 2. The second-order valence-corrected chi connectivity index (χ2v) is 5.92. The van der Waals surface area contributed by atoms with Gasteiger partial charge in [0.2, 0.25) is 17.6 Å². The molecule has 1 aliphatic heterocycles. The second-order valence-electron chi connectivity index (χ2n) is 5.01. The molecule has 0 saturated carbocycles. The fourth-order valence-electron chi connectivity index (χ4n) is 2.70. The molecule has 0 bridgehead atoms. The van der Waals surface area contributed by atoms with Crippen LogP contribution in [0.3, 0.4) is 0 Å². The number of furan rings is 1. The van der Waals surface area contributed by atoms with Crippen molar-refractivity contribution < 1.29 is 18.8 Å². The van der Waals surface area contributed by atoms with Crippen molar-refractivity contribution >= 4 is 50.3 Å². The van der Waals surface area contributed by atoms with Gasteiger partial charge in [-0.1, -0.05) is 15.9 Å². The van der Waals surface area contributed by atoms with Crippen molar-refractivity contribution in [1.82, 2.24) is 0 Å². The number of nitrogens with zero attached hydrogens (tertiary/aromatic N) is 1. The molecule has 3 rings (SSSR count). The first kappa shape index (κ1) is 14.6. The first-order valence-electron chi connectivity index (χ1n) is 6.53. The van der Waals surface area contributed by atoms with Crippen molar-refractivity contribution in [1.29, 1.82) is 0 Å². The van der Waals surface area contributed by atoms with Crippen molar-refractivity contribution in [3.8, 4) is 0 Å². The van der Waals surface area contributed by atoms with Gasteiger partial charge in [0.05, 0.1) is 0 Å². The molecule has 2 heterocycles. The smallest absolute Gasteiger partial charge is 0.286 e. The molecule has 0 spiro atoms. The van der Waals surface area contributed by atoms with Crippen LogP contribution >= 0.6 is 15.9 Å². The van der Waals surface area contributed by atoms with Crippen LogP contribution in [0.2, 0.25) is 0 Å². The number of carbonyl (C=O) groups excluding carboxylic acids is 3. The third kappa shape index (κ3) is 2.16. The monoisotopic (exact) mass is 365 g/mol. The molecule has 22 heavy (non-hydrogen) atoms. The summed E-state index contributed by atoms with van der Waals surface area (Å²) in [7, 11) is 0. The Morgan fingerprint density at radius 3 is 2.68 bits per heavy atom. The van der Waals surface area contributed by atoms with Crippen molar-refractivity contribution in [3.05, 3.63) is 28.4 Å². The van der Waals surface area contributed by atoms with Crippen LogP contribution in [0, 0.1) is 0 Å². The van der Waals surface area contributed by atoms with Crippen LogP contribution < -0.4 is 16.4 Å². The summed E-state index contributed by atoms with van der Waals surface area (Å²) >= 11 is 3.33. The fraction of sp³-hybridized carbons (Fsp3) is 0.214. The van der Waals surface area contributed by atoms with Gasteiger partial charge >= 0.3 is 0 Å². The lowest BCUT2D eigenvalue weighted by molar-refractivity contribution is -0.121. The quantitative estimate of drug-likeness (QED) is 0.850. The molecule has 114 valence electrons. The highest BCUT2D eigenvalue weighted by Gasteiger charge is 2.40. The van der Waals surface area contributed by atoms with Crippen molar-refractivity contribution in [2.24, 2.45) is 11.5 Å². The van der Waals surface area contributed by atoms with Crippen LogP contribution in [0.25, 0.3) is 11.0 Å². The van der Waals surface area contributed by atoms with E-state index in [9.17, 15) is 14.4 Å². The molecule has 1 aliphatic rings. The molecule has 0 unspecified atom stereocenters. The summed E-state index contributed by atoms with van der Waals surface area (Å²) in [5, 5.41) is 0.518. The standard InChI is InChI=1S/C14H12BrN3O4/c15-6-1-3-9-7(5-6)11(12(22-9)14(17)21)18-8(13(16)20)2-4-10(18)19/h1,3,5,8H,2,4H2,(H2,16,20)(H2,17,21)/t8-/m0/s1. The van der Waals surface area contributed by atoms with Gasteiger partial charge in [-0.2, -0.15) is 0 Å². The molecule has 8 heteroatoms. The zero-order valence-electron chi connectivity index (χ0n) is 11.3. The summed E-state index contributed by atoms with van der Waals surface area (Å²) in [6.07, 6.45) is 0.472. The molecule has 1 aromatic carbocycles. The summed E-state index contributed by atoms with van der Waals surface area (Å²) in [5.41, 5.74) is 11.3. The molecule has 0 radical (unpaired) electrons. The molecule has 1 atom stereocenters. The number of halogens is 1. The lowest BCUT2D eigenvalue weighted by Crippen LogP contribution is -2.43. The minimum atomic E-state index is -0.815. The maximum atomic E-state index is 12.2. The van der Waals surface area contributed by atoms with E-state index in [1.165, 1.54) is 4.90 Å². The molecular formula is C14H12BrN3O4. The predicted octanol–water partition coefficient (Wildman–Crippen LogP) is 1.27. The van der Waals surface area contributed by atoms with Crippen LogP contribution in [0.5, 0.6) is 0 Å². The molecule has 2 aromatic rings. The number of amides is 3. The molecule has 7 nitrogen and oxygen atoms in total. The van der Waals surface area contributed by atoms with E-state index < -0.39 is 17.9 Å². The van der Waals surface area contributed by atoms with Gasteiger partial charge in [-0.3, -0.25) is 19.3 Å². The number of nitrogens with two attached hydrogens (primary N) is 2. The number of rotatable bonds is 3. The average Bonchev–Trinajstić information content (AvgIpc) is 2.98. The van der Waals surface area contributed by atoms with Crippen LogP contribution in [0.1, 0.15) is 23.4 Å². The molecule has 1 saturated heterocycles. The van der Waals surface area contributed by atoms with E-state index in [2.05, 4.69) is 15.9 Å². The number of hydrogen-bond acceptors (Lipinski definition) is 4. The Labute approximate surface area is 133 Å². The zero-order chi connectivity index (χ0) is 16.0. The summed E-state index contributed by atoms with van der Waals surface area (Å²) in [4.78, 5) is 36.7. The van der Waals surface area contributed by atoms with E-state index in [4.69, 9.17) is 15.9 Å². The normalized spacial score (nSPS) is 18.1. The first-order chi connectivity index (χ1) is 10.4. The van der Waals surface area contributed by atoms with Gasteiger partial charge in [-0.05, 0) is 24.6 Å². The number of primary amides is 2. The molecular weight excluding hydrogens is 354 g/mol. The molecule has 1 aromatic heterocycles. The highest BCUT2D eigenvalue weighted by atomic mass is 79.9. The molecule has 1 fully saturated rings.